The van der Waals surface area contributed by atoms with Gasteiger partial charge in [0, 0.05) is 4.90 Å². The maximum Gasteiger partial charge on any atom is 0.358 e. The Morgan fingerprint density at radius 3 is 2.76 bits per heavy atom. The summed E-state index contributed by atoms with van der Waals surface area (Å²) in [5.41, 5.74) is 8.27. The van der Waals surface area contributed by atoms with Crippen LogP contribution >= 0.6 is 23.4 Å². The zero-order valence-electron chi connectivity index (χ0n) is 14.2. The first kappa shape index (κ1) is 19.8. The van der Waals surface area contributed by atoms with E-state index in [-0.39, 0.29) is 17.3 Å². The number of halogens is 1. The molecule has 6 nitrogen and oxygen atoms in total. The van der Waals surface area contributed by atoms with E-state index in [0.29, 0.717) is 22.4 Å². The Morgan fingerprint density at radius 2 is 2.12 bits per heavy atom. The minimum absolute atomic E-state index is 0.000179. The topological polar surface area (TPSA) is 99.6 Å². The van der Waals surface area contributed by atoms with Crippen LogP contribution in [0.2, 0.25) is 5.02 Å². The van der Waals surface area contributed by atoms with Gasteiger partial charge in [0.15, 0.2) is 5.70 Å². The van der Waals surface area contributed by atoms with E-state index in [1.807, 2.05) is 12.1 Å². The second kappa shape index (κ2) is 9.79. The highest BCUT2D eigenvalue weighted by Crippen LogP contribution is 2.35. The average Bonchev–Trinajstić information content (AvgIpc) is 3.10. The van der Waals surface area contributed by atoms with Crippen LogP contribution in [-0.4, -0.2) is 19.2 Å². The number of thioether (sulfide) groups is 1. The summed E-state index contributed by atoms with van der Waals surface area (Å²) in [4.78, 5) is 12.5. The second-order valence-corrected chi connectivity index (χ2v) is 7.25. The van der Waals surface area contributed by atoms with E-state index in [1.54, 1.807) is 13.0 Å². The van der Waals surface area contributed by atoms with Crippen molar-refractivity contribution in [3.05, 3.63) is 33.9 Å². The molecule has 0 spiro atoms. The third kappa shape index (κ3) is 5.73. The number of nitrogens with one attached hydrogen (secondary N) is 1. The van der Waals surface area contributed by atoms with E-state index in [2.05, 4.69) is 5.43 Å². The molecule has 1 fully saturated rings. The van der Waals surface area contributed by atoms with Crippen molar-refractivity contribution in [1.82, 2.24) is 5.43 Å². The first-order valence-corrected chi connectivity index (χ1v) is 9.48. The molecule has 1 aromatic rings. The van der Waals surface area contributed by atoms with Crippen molar-refractivity contribution in [3.63, 3.8) is 0 Å². The number of benzene rings is 1. The molecule has 25 heavy (non-hydrogen) atoms. The molecule has 0 aromatic heterocycles. The summed E-state index contributed by atoms with van der Waals surface area (Å²) < 4.78 is 10.8. The SMILES string of the molecule is CCOC(=O)/C(NN)=C(/N)Sc1cc(OCC2CCCC2)ccc1Cl. The number of hydrogen-bond donors (Lipinski definition) is 3. The van der Waals surface area contributed by atoms with Crippen LogP contribution in [0.15, 0.2) is 33.8 Å². The maximum absolute atomic E-state index is 11.8. The second-order valence-electron chi connectivity index (χ2n) is 5.76. The molecule has 0 aliphatic heterocycles. The van der Waals surface area contributed by atoms with E-state index in [0.717, 1.165) is 17.5 Å². The van der Waals surface area contributed by atoms with Gasteiger partial charge in [-0.2, -0.15) is 0 Å². The van der Waals surface area contributed by atoms with Crippen LogP contribution in [0, 0.1) is 5.92 Å². The van der Waals surface area contributed by atoms with E-state index < -0.39 is 5.97 Å². The van der Waals surface area contributed by atoms with Crippen molar-refractivity contribution in [3.8, 4) is 5.75 Å². The lowest BCUT2D eigenvalue weighted by atomic mass is 10.1. The van der Waals surface area contributed by atoms with Gasteiger partial charge in [-0.05, 0) is 43.9 Å². The summed E-state index contributed by atoms with van der Waals surface area (Å²) in [5.74, 6) is 6.12. The van der Waals surface area contributed by atoms with E-state index >= 15 is 0 Å². The molecule has 0 atom stereocenters. The van der Waals surface area contributed by atoms with Crippen LogP contribution in [0.5, 0.6) is 5.75 Å². The van der Waals surface area contributed by atoms with Gasteiger partial charge in [-0.3, -0.25) is 5.84 Å². The Bertz CT molecular complexity index is 634. The van der Waals surface area contributed by atoms with Gasteiger partial charge in [0.1, 0.15) is 10.8 Å². The van der Waals surface area contributed by atoms with Crippen LogP contribution < -0.4 is 21.7 Å². The molecule has 0 amide bonds. The molecule has 0 heterocycles. The Hall–Kier alpha value is -1.57. The average molecular weight is 386 g/mol. The first-order valence-electron chi connectivity index (χ1n) is 8.28. The van der Waals surface area contributed by atoms with Crippen molar-refractivity contribution in [1.29, 1.82) is 0 Å². The summed E-state index contributed by atoms with van der Waals surface area (Å²) in [6.07, 6.45) is 4.99. The highest BCUT2D eigenvalue weighted by Gasteiger charge is 2.18. The number of esters is 1. The van der Waals surface area contributed by atoms with Gasteiger partial charge in [-0.15, -0.1) is 0 Å². The number of hydrazine groups is 1. The highest BCUT2D eigenvalue weighted by atomic mass is 35.5. The maximum atomic E-state index is 11.8. The molecule has 1 aromatic carbocycles. The number of rotatable bonds is 8. The Labute approximate surface area is 157 Å². The highest BCUT2D eigenvalue weighted by molar-refractivity contribution is 8.03. The molecule has 8 heteroatoms. The third-order valence-electron chi connectivity index (χ3n) is 3.95. The molecule has 0 bridgehead atoms. The number of ether oxygens (including phenoxy) is 2. The van der Waals surface area contributed by atoms with Crippen LogP contribution in [0.1, 0.15) is 32.6 Å². The Balaban J connectivity index is 2.09. The summed E-state index contributed by atoms with van der Waals surface area (Å²) in [5, 5.41) is 0.692. The van der Waals surface area contributed by atoms with E-state index in [4.69, 9.17) is 32.7 Å². The molecule has 0 radical (unpaired) electrons. The minimum atomic E-state index is -0.611. The van der Waals surface area contributed by atoms with Crippen molar-refractivity contribution < 1.29 is 14.3 Å². The van der Waals surface area contributed by atoms with Crippen molar-refractivity contribution in [2.75, 3.05) is 13.2 Å². The standard InChI is InChI=1S/C17H24ClN3O3S/c1-2-23-17(22)15(21-20)16(19)25-14-9-12(7-8-13(14)18)24-10-11-5-3-4-6-11/h7-9,11,21H,2-6,10,19-20H2,1H3/b16-15+. The molecule has 1 saturated carbocycles. The van der Waals surface area contributed by atoms with Crippen molar-refractivity contribution in [2.45, 2.75) is 37.5 Å². The molecule has 1 aliphatic rings. The first-order chi connectivity index (χ1) is 12.0. The number of hydrogen-bond acceptors (Lipinski definition) is 7. The van der Waals surface area contributed by atoms with Gasteiger partial charge in [0.05, 0.1) is 18.2 Å². The number of carbonyl (C=O) groups excluding carboxylic acids is 1. The summed E-state index contributed by atoms with van der Waals surface area (Å²) in [6.45, 7) is 2.64. The fourth-order valence-electron chi connectivity index (χ4n) is 2.65. The van der Waals surface area contributed by atoms with Gasteiger partial charge in [-0.25, -0.2) is 4.79 Å². The van der Waals surface area contributed by atoms with Crippen LogP contribution in [-0.2, 0) is 9.53 Å². The summed E-state index contributed by atoms with van der Waals surface area (Å²) in [6, 6.07) is 5.39. The van der Waals surface area contributed by atoms with Crippen molar-refractivity contribution >= 4 is 29.3 Å². The van der Waals surface area contributed by atoms with Gasteiger partial charge in [-0.1, -0.05) is 36.2 Å². The fourth-order valence-corrected chi connectivity index (χ4v) is 3.70. The Kier molecular flexibility index (Phi) is 7.74. The molecule has 5 N–H and O–H groups in total. The van der Waals surface area contributed by atoms with E-state index in [9.17, 15) is 4.79 Å². The van der Waals surface area contributed by atoms with E-state index in [1.165, 1.54) is 25.7 Å². The summed E-state index contributed by atoms with van der Waals surface area (Å²) >= 11 is 7.37. The van der Waals surface area contributed by atoms with Gasteiger partial charge < -0.3 is 20.6 Å². The smallest absolute Gasteiger partial charge is 0.358 e. The van der Waals surface area contributed by atoms with Crippen LogP contribution in [0.4, 0.5) is 0 Å². The fraction of sp³-hybridized carbons (Fsp3) is 0.471. The monoisotopic (exact) mass is 385 g/mol. The quantitative estimate of drug-likeness (QED) is 0.208. The third-order valence-corrected chi connectivity index (χ3v) is 5.38. The Morgan fingerprint density at radius 1 is 1.40 bits per heavy atom. The zero-order valence-corrected chi connectivity index (χ0v) is 15.8. The predicted molar refractivity (Wildman–Crippen MR) is 99.9 cm³/mol. The lowest BCUT2D eigenvalue weighted by Crippen LogP contribution is -2.30. The lowest BCUT2D eigenvalue weighted by molar-refractivity contribution is -0.139. The normalized spacial score (nSPS) is 15.6. The number of nitrogens with two attached hydrogens (primary N) is 2. The van der Waals surface area contributed by atoms with Gasteiger partial charge in [0.2, 0.25) is 0 Å². The van der Waals surface area contributed by atoms with Crippen LogP contribution in [0.25, 0.3) is 0 Å². The molecular weight excluding hydrogens is 362 g/mol. The molecule has 1 aliphatic carbocycles. The summed E-state index contributed by atoms with van der Waals surface area (Å²) in [7, 11) is 0. The largest absolute Gasteiger partial charge is 0.493 e. The van der Waals surface area contributed by atoms with Crippen molar-refractivity contribution in [2.24, 2.45) is 17.5 Å². The predicted octanol–water partition coefficient (Wildman–Crippen LogP) is 3.16. The zero-order chi connectivity index (χ0) is 18.2. The molecular formula is C17H24ClN3O3S. The van der Waals surface area contributed by atoms with Crippen LogP contribution in [0.3, 0.4) is 0 Å². The molecule has 0 unspecified atom stereocenters. The van der Waals surface area contributed by atoms with Gasteiger partial charge >= 0.3 is 5.97 Å². The molecule has 138 valence electrons. The molecule has 0 saturated heterocycles. The minimum Gasteiger partial charge on any atom is -0.493 e. The molecule has 2 rings (SSSR count). The number of carbonyl (C=O) groups is 1. The lowest BCUT2D eigenvalue weighted by Gasteiger charge is -2.14. The van der Waals surface area contributed by atoms with Gasteiger partial charge in [0.25, 0.3) is 0 Å².